The van der Waals surface area contributed by atoms with Gasteiger partial charge in [-0.1, -0.05) is 12.1 Å². The first-order chi connectivity index (χ1) is 9.70. The Morgan fingerprint density at radius 1 is 0.905 bits per heavy atom. The molecule has 0 saturated carbocycles. The second-order valence-corrected chi connectivity index (χ2v) is 5.17. The highest BCUT2D eigenvalue weighted by Crippen LogP contribution is 2.34. The molecule has 7 heteroatoms. The third-order valence-corrected chi connectivity index (χ3v) is 3.48. The summed E-state index contributed by atoms with van der Waals surface area (Å²) in [7, 11) is 0. The molecule has 1 unspecified atom stereocenters. The average Bonchev–Trinajstić information content (AvgIpc) is 2.40. The molecule has 0 fully saturated rings. The van der Waals surface area contributed by atoms with E-state index in [2.05, 4.69) is 15.9 Å². The Labute approximate surface area is 125 Å². The van der Waals surface area contributed by atoms with Gasteiger partial charge in [-0.2, -0.15) is 13.2 Å². The number of hydrogen-bond acceptors (Lipinski definition) is 1. The number of hydrogen-bond donors (Lipinski definition) is 1. The van der Waals surface area contributed by atoms with Crippen LogP contribution in [0.25, 0.3) is 0 Å². The zero-order valence-corrected chi connectivity index (χ0v) is 11.8. The van der Waals surface area contributed by atoms with Gasteiger partial charge in [0.1, 0.15) is 17.7 Å². The molecule has 2 rings (SSSR count). The van der Waals surface area contributed by atoms with Crippen LogP contribution in [0.2, 0.25) is 0 Å². The molecular formula is C14H8BrF5O. The SMILES string of the molecule is OC(c1ccc(F)c(Br)c1)c1ccc(F)c(C(F)(F)F)c1. The summed E-state index contributed by atoms with van der Waals surface area (Å²) in [6, 6.07) is 5.78. The third-order valence-electron chi connectivity index (χ3n) is 2.87. The maximum Gasteiger partial charge on any atom is 0.419 e. The number of rotatable bonds is 2. The Morgan fingerprint density at radius 2 is 1.43 bits per heavy atom. The maximum absolute atomic E-state index is 13.2. The van der Waals surface area contributed by atoms with Gasteiger partial charge in [0.2, 0.25) is 0 Å². The molecule has 2 aromatic carbocycles. The van der Waals surface area contributed by atoms with Crippen LogP contribution in [-0.2, 0) is 6.18 Å². The van der Waals surface area contributed by atoms with E-state index in [1.807, 2.05) is 0 Å². The van der Waals surface area contributed by atoms with Crippen molar-refractivity contribution in [3.05, 3.63) is 69.2 Å². The fraction of sp³-hybridized carbons (Fsp3) is 0.143. The van der Waals surface area contributed by atoms with Crippen LogP contribution in [0, 0.1) is 11.6 Å². The highest BCUT2D eigenvalue weighted by molar-refractivity contribution is 9.10. The predicted octanol–water partition coefficient (Wildman–Crippen LogP) is 4.83. The lowest BCUT2D eigenvalue weighted by molar-refractivity contribution is -0.140. The van der Waals surface area contributed by atoms with E-state index in [1.54, 1.807) is 0 Å². The van der Waals surface area contributed by atoms with Gasteiger partial charge in [-0.05, 0) is 51.3 Å². The first-order valence-corrected chi connectivity index (χ1v) is 6.49. The van der Waals surface area contributed by atoms with Crippen LogP contribution in [0.4, 0.5) is 22.0 Å². The largest absolute Gasteiger partial charge is 0.419 e. The number of benzene rings is 2. The molecular weight excluding hydrogens is 359 g/mol. The van der Waals surface area contributed by atoms with Gasteiger partial charge in [-0.15, -0.1) is 0 Å². The second-order valence-electron chi connectivity index (χ2n) is 4.31. The summed E-state index contributed by atoms with van der Waals surface area (Å²) in [5, 5.41) is 10.1. The van der Waals surface area contributed by atoms with Crippen molar-refractivity contribution < 1.29 is 27.1 Å². The molecule has 1 atom stereocenters. The number of halogens is 6. The van der Waals surface area contributed by atoms with Crippen molar-refractivity contribution >= 4 is 15.9 Å². The van der Waals surface area contributed by atoms with E-state index in [0.29, 0.717) is 12.1 Å². The number of alkyl halides is 3. The van der Waals surface area contributed by atoms with Gasteiger partial charge in [-0.3, -0.25) is 0 Å². The van der Waals surface area contributed by atoms with Crippen molar-refractivity contribution in [1.82, 2.24) is 0 Å². The summed E-state index contributed by atoms with van der Waals surface area (Å²) in [4.78, 5) is 0. The van der Waals surface area contributed by atoms with Crippen LogP contribution in [0.3, 0.4) is 0 Å². The van der Waals surface area contributed by atoms with Crippen LogP contribution in [-0.4, -0.2) is 5.11 Å². The first-order valence-electron chi connectivity index (χ1n) is 5.70. The quantitative estimate of drug-likeness (QED) is 0.755. The van der Waals surface area contributed by atoms with Crippen LogP contribution >= 0.6 is 15.9 Å². The van der Waals surface area contributed by atoms with Gasteiger partial charge in [0.05, 0.1) is 10.0 Å². The summed E-state index contributed by atoms with van der Waals surface area (Å²) >= 11 is 2.92. The van der Waals surface area contributed by atoms with Gasteiger partial charge in [0.15, 0.2) is 0 Å². The van der Waals surface area contributed by atoms with Crippen molar-refractivity contribution in [3.8, 4) is 0 Å². The first kappa shape index (κ1) is 15.9. The van der Waals surface area contributed by atoms with E-state index < -0.39 is 29.5 Å². The van der Waals surface area contributed by atoms with Crippen LogP contribution in [0.1, 0.15) is 22.8 Å². The Kier molecular flexibility index (Phi) is 4.34. The minimum Gasteiger partial charge on any atom is -0.384 e. The second kappa shape index (κ2) is 5.73. The third kappa shape index (κ3) is 3.41. The topological polar surface area (TPSA) is 20.2 Å². The summed E-state index contributed by atoms with van der Waals surface area (Å²) in [5.41, 5.74) is -1.41. The van der Waals surface area contributed by atoms with Crippen molar-refractivity contribution in [2.45, 2.75) is 12.3 Å². The Balaban J connectivity index is 2.44. The summed E-state index contributed by atoms with van der Waals surface area (Å²) in [5.74, 6) is -1.99. The van der Waals surface area contributed by atoms with Crippen LogP contribution in [0.15, 0.2) is 40.9 Å². The molecule has 1 nitrogen and oxygen atoms in total. The van der Waals surface area contributed by atoms with Gasteiger partial charge < -0.3 is 5.11 Å². The normalized spacial score (nSPS) is 13.3. The summed E-state index contributed by atoms with van der Waals surface area (Å²) < 4.78 is 64.3. The van der Waals surface area contributed by atoms with Crippen molar-refractivity contribution in [3.63, 3.8) is 0 Å². The minimum absolute atomic E-state index is 0.0669. The summed E-state index contributed by atoms with van der Waals surface area (Å²) in [6.45, 7) is 0. The highest BCUT2D eigenvalue weighted by atomic mass is 79.9. The van der Waals surface area contributed by atoms with Crippen LogP contribution in [0.5, 0.6) is 0 Å². The smallest absolute Gasteiger partial charge is 0.384 e. The highest BCUT2D eigenvalue weighted by Gasteiger charge is 2.34. The maximum atomic E-state index is 13.2. The number of aliphatic hydroxyl groups is 1. The zero-order valence-electron chi connectivity index (χ0n) is 10.3. The Bertz CT molecular complexity index is 669. The van der Waals surface area contributed by atoms with Gasteiger partial charge in [0, 0.05) is 0 Å². The lowest BCUT2D eigenvalue weighted by Crippen LogP contribution is -2.10. The molecule has 0 radical (unpaired) electrons. The van der Waals surface area contributed by atoms with Gasteiger partial charge in [-0.25, -0.2) is 8.78 Å². The Hall–Kier alpha value is -1.47. The number of aliphatic hydroxyl groups excluding tert-OH is 1. The molecule has 1 N–H and O–H groups in total. The van der Waals surface area contributed by atoms with Crippen molar-refractivity contribution in [2.24, 2.45) is 0 Å². The fourth-order valence-corrected chi connectivity index (χ4v) is 2.20. The fourth-order valence-electron chi connectivity index (χ4n) is 1.81. The van der Waals surface area contributed by atoms with E-state index in [4.69, 9.17) is 0 Å². The molecule has 0 aliphatic carbocycles. The van der Waals surface area contributed by atoms with E-state index >= 15 is 0 Å². The van der Waals surface area contributed by atoms with E-state index in [1.165, 1.54) is 12.1 Å². The van der Waals surface area contributed by atoms with Gasteiger partial charge in [0.25, 0.3) is 0 Å². The van der Waals surface area contributed by atoms with E-state index in [0.717, 1.165) is 12.1 Å². The Morgan fingerprint density at radius 3 is 1.95 bits per heavy atom. The molecule has 0 aromatic heterocycles. The molecule has 0 heterocycles. The summed E-state index contributed by atoms with van der Waals surface area (Å²) in [6.07, 6.45) is -6.29. The molecule has 0 aliphatic rings. The lowest BCUT2D eigenvalue weighted by Gasteiger charge is -2.15. The van der Waals surface area contributed by atoms with Crippen molar-refractivity contribution in [2.75, 3.05) is 0 Å². The predicted molar refractivity (Wildman–Crippen MR) is 69.6 cm³/mol. The standard InChI is InChI=1S/C14H8BrF5O/c15-10-6-8(2-4-12(10)17)13(21)7-1-3-11(16)9(5-7)14(18,19)20/h1-6,13,21H. The monoisotopic (exact) mass is 366 g/mol. The van der Waals surface area contributed by atoms with E-state index in [9.17, 15) is 27.1 Å². The van der Waals surface area contributed by atoms with Crippen molar-refractivity contribution in [1.29, 1.82) is 0 Å². The molecule has 21 heavy (non-hydrogen) atoms. The zero-order chi connectivity index (χ0) is 15.8. The van der Waals surface area contributed by atoms with E-state index in [-0.39, 0.29) is 15.6 Å². The molecule has 112 valence electrons. The minimum atomic E-state index is -4.86. The van der Waals surface area contributed by atoms with Gasteiger partial charge >= 0.3 is 6.18 Å². The molecule has 0 saturated heterocycles. The molecule has 0 spiro atoms. The lowest BCUT2D eigenvalue weighted by atomic mass is 9.99. The average molecular weight is 367 g/mol. The molecule has 0 bridgehead atoms. The van der Waals surface area contributed by atoms with Crippen LogP contribution < -0.4 is 0 Å². The molecule has 2 aromatic rings. The molecule has 0 amide bonds. The molecule has 0 aliphatic heterocycles.